The highest BCUT2D eigenvalue weighted by Gasteiger charge is 2.06. The number of H-pyrrole nitrogens is 1. The normalized spacial score (nSPS) is 10.9. The average Bonchev–Trinajstić information content (AvgIpc) is 2.35. The zero-order valence-electron chi connectivity index (χ0n) is 6.23. The van der Waals surface area contributed by atoms with Crippen LogP contribution in [0.3, 0.4) is 0 Å². The molecule has 0 fully saturated rings. The maximum atomic E-state index is 4.31. The van der Waals surface area contributed by atoms with Crippen molar-refractivity contribution in [2.24, 2.45) is 0 Å². The molecule has 2 aromatic rings. The molecule has 62 valence electrons. The lowest BCUT2D eigenvalue weighted by Crippen LogP contribution is -1.88. The van der Waals surface area contributed by atoms with E-state index in [4.69, 9.17) is 0 Å². The first-order valence-corrected chi connectivity index (χ1v) is 4.94. The number of hydrogen-bond donors (Lipinski definition) is 1. The van der Waals surface area contributed by atoms with Crippen molar-refractivity contribution >= 4 is 43.0 Å². The smallest absolute Gasteiger partial charge is 0.157 e. The van der Waals surface area contributed by atoms with Crippen LogP contribution in [0.5, 0.6) is 0 Å². The first-order valence-electron chi connectivity index (χ1n) is 3.35. The summed E-state index contributed by atoms with van der Waals surface area (Å²) in [5.74, 6) is 0. The fraction of sp³-hybridized carbons (Fsp3) is 0.143. The molecule has 1 N–H and O–H groups in total. The van der Waals surface area contributed by atoms with Crippen LogP contribution in [0, 0.1) is 6.92 Å². The van der Waals surface area contributed by atoms with E-state index in [1.54, 1.807) is 0 Å². The molecule has 0 unspecified atom stereocenters. The number of hydrogen-bond acceptors (Lipinski definition) is 2. The number of aromatic amines is 1. The Morgan fingerprint density at radius 3 is 2.83 bits per heavy atom. The predicted octanol–water partition coefficient (Wildman–Crippen LogP) is 2.79. The first kappa shape index (κ1) is 8.19. The van der Waals surface area contributed by atoms with Gasteiger partial charge >= 0.3 is 0 Å². The Morgan fingerprint density at radius 2 is 2.08 bits per heavy atom. The van der Waals surface area contributed by atoms with Crippen molar-refractivity contribution in [3.8, 4) is 0 Å². The Hall–Kier alpha value is -0.420. The van der Waals surface area contributed by atoms with Crippen LogP contribution in [0.2, 0.25) is 0 Å². The van der Waals surface area contributed by atoms with Gasteiger partial charge in [0.2, 0.25) is 0 Å². The maximum Gasteiger partial charge on any atom is 0.157 e. The zero-order chi connectivity index (χ0) is 8.72. The summed E-state index contributed by atoms with van der Waals surface area (Å²) in [4.78, 5) is 11.6. The summed E-state index contributed by atoms with van der Waals surface area (Å²) in [7, 11) is 0. The summed E-state index contributed by atoms with van der Waals surface area (Å²) in [5.41, 5.74) is 2.55. The molecule has 0 saturated heterocycles. The van der Waals surface area contributed by atoms with E-state index < -0.39 is 0 Å². The number of nitrogens with zero attached hydrogens (tertiary/aromatic N) is 2. The highest BCUT2D eigenvalue weighted by atomic mass is 79.9. The second kappa shape index (κ2) is 2.81. The van der Waals surface area contributed by atoms with Gasteiger partial charge in [0.25, 0.3) is 0 Å². The van der Waals surface area contributed by atoms with Crippen LogP contribution in [-0.2, 0) is 0 Å². The van der Waals surface area contributed by atoms with Gasteiger partial charge in [-0.25, -0.2) is 9.97 Å². The summed E-state index contributed by atoms with van der Waals surface area (Å²) in [6, 6.07) is 0. The van der Waals surface area contributed by atoms with Gasteiger partial charge in [-0.15, -0.1) is 0 Å². The molecule has 0 spiro atoms. The topological polar surface area (TPSA) is 41.6 Å². The van der Waals surface area contributed by atoms with E-state index >= 15 is 0 Å². The van der Waals surface area contributed by atoms with Gasteiger partial charge in [-0.05, 0) is 38.8 Å². The molecule has 12 heavy (non-hydrogen) atoms. The molecule has 2 rings (SSSR count). The van der Waals surface area contributed by atoms with E-state index in [2.05, 4.69) is 46.8 Å². The van der Waals surface area contributed by atoms with Crippen molar-refractivity contribution in [3.63, 3.8) is 0 Å². The van der Waals surface area contributed by atoms with E-state index in [1.807, 2.05) is 13.1 Å². The summed E-state index contributed by atoms with van der Waals surface area (Å²) in [6.07, 6.45) is 1.83. The molecule has 0 radical (unpaired) electrons. The third-order valence-corrected chi connectivity index (χ3v) is 2.93. The number of nitrogens with one attached hydrogen (secondary N) is 1. The van der Waals surface area contributed by atoms with Crippen molar-refractivity contribution in [1.29, 1.82) is 0 Å². The van der Waals surface area contributed by atoms with Gasteiger partial charge in [0.1, 0.15) is 10.1 Å². The minimum atomic E-state index is 0.787. The number of rotatable bonds is 0. The fourth-order valence-corrected chi connectivity index (χ4v) is 1.62. The van der Waals surface area contributed by atoms with Gasteiger partial charge in [0, 0.05) is 6.20 Å². The van der Waals surface area contributed by atoms with Crippen molar-refractivity contribution in [2.75, 3.05) is 0 Å². The lowest BCUT2D eigenvalue weighted by atomic mass is 10.5. The molecule has 0 amide bonds. The third-order valence-electron chi connectivity index (χ3n) is 1.57. The monoisotopic (exact) mass is 289 g/mol. The van der Waals surface area contributed by atoms with Crippen LogP contribution in [0.1, 0.15) is 5.69 Å². The fourth-order valence-electron chi connectivity index (χ4n) is 0.966. The highest BCUT2D eigenvalue weighted by Crippen LogP contribution is 2.22. The molecule has 2 heterocycles. The predicted molar refractivity (Wildman–Crippen MR) is 54.0 cm³/mol. The summed E-state index contributed by atoms with van der Waals surface area (Å²) in [5, 5.41) is 0. The highest BCUT2D eigenvalue weighted by molar-refractivity contribution is 9.11. The van der Waals surface area contributed by atoms with Crippen LogP contribution >= 0.6 is 31.9 Å². The number of halogens is 2. The largest absolute Gasteiger partial charge is 0.344 e. The molecule has 0 aromatic carbocycles. The molecule has 0 aliphatic rings. The van der Waals surface area contributed by atoms with Gasteiger partial charge in [-0.3, -0.25) is 0 Å². The number of aromatic nitrogens is 3. The van der Waals surface area contributed by atoms with Gasteiger partial charge < -0.3 is 4.98 Å². The minimum Gasteiger partial charge on any atom is -0.344 e. The summed E-state index contributed by atoms with van der Waals surface area (Å²) < 4.78 is 1.72. The Kier molecular flexibility index (Phi) is 1.92. The van der Waals surface area contributed by atoms with Crippen molar-refractivity contribution in [3.05, 3.63) is 21.0 Å². The Morgan fingerprint density at radius 1 is 1.33 bits per heavy atom. The molecule has 0 atom stereocenters. The van der Waals surface area contributed by atoms with E-state index in [-0.39, 0.29) is 0 Å². The van der Waals surface area contributed by atoms with Crippen LogP contribution in [0.15, 0.2) is 15.3 Å². The third kappa shape index (κ3) is 1.17. The van der Waals surface area contributed by atoms with Crippen LogP contribution in [0.25, 0.3) is 11.2 Å². The standard InChI is InChI=1S/C7H5Br2N3/c1-3-6(9)12-5-4(8)2-10-7(5)11-3/h2H,1H3,(H,10,11). The van der Waals surface area contributed by atoms with Crippen LogP contribution < -0.4 is 0 Å². The van der Waals surface area contributed by atoms with E-state index in [0.717, 1.165) is 25.9 Å². The molecule has 0 aliphatic heterocycles. The molecule has 0 aliphatic carbocycles. The molecule has 3 nitrogen and oxygen atoms in total. The van der Waals surface area contributed by atoms with Gasteiger partial charge in [0.15, 0.2) is 5.65 Å². The SMILES string of the molecule is Cc1nc2[nH]cc(Br)c2nc1Br. The van der Waals surface area contributed by atoms with Crippen molar-refractivity contribution < 1.29 is 0 Å². The molecule has 0 bridgehead atoms. The summed E-state index contributed by atoms with van der Waals surface area (Å²) >= 11 is 6.70. The van der Waals surface area contributed by atoms with Crippen molar-refractivity contribution in [2.45, 2.75) is 6.92 Å². The first-order chi connectivity index (χ1) is 5.68. The molecular formula is C7H5Br2N3. The molecule has 5 heteroatoms. The van der Waals surface area contributed by atoms with Gasteiger partial charge in [-0.2, -0.15) is 0 Å². The van der Waals surface area contributed by atoms with Gasteiger partial charge in [-0.1, -0.05) is 0 Å². The van der Waals surface area contributed by atoms with Crippen LogP contribution in [0.4, 0.5) is 0 Å². The number of aryl methyl sites for hydroxylation is 1. The van der Waals surface area contributed by atoms with Gasteiger partial charge in [0.05, 0.1) is 10.2 Å². The second-order valence-corrected chi connectivity index (χ2v) is 4.04. The lowest BCUT2D eigenvalue weighted by molar-refractivity contribution is 1.13. The molecule has 2 aromatic heterocycles. The Balaban J connectivity index is 2.87. The maximum absolute atomic E-state index is 4.31. The van der Waals surface area contributed by atoms with E-state index in [9.17, 15) is 0 Å². The minimum absolute atomic E-state index is 0.787. The quantitative estimate of drug-likeness (QED) is 0.811. The van der Waals surface area contributed by atoms with Crippen molar-refractivity contribution in [1.82, 2.24) is 15.0 Å². The Labute approximate surface area is 85.9 Å². The molecule has 0 saturated carbocycles. The van der Waals surface area contributed by atoms with Crippen LogP contribution in [-0.4, -0.2) is 15.0 Å². The molecular weight excluding hydrogens is 286 g/mol. The van der Waals surface area contributed by atoms with E-state index in [0.29, 0.717) is 0 Å². The lowest BCUT2D eigenvalue weighted by Gasteiger charge is -1.95. The zero-order valence-corrected chi connectivity index (χ0v) is 9.40. The van der Waals surface area contributed by atoms with E-state index in [1.165, 1.54) is 0 Å². The second-order valence-electron chi connectivity index (χ2n) is 2.43. The average molecular weight is 291 g/mol. The number of fused-ring (bicyclic) bond motifs is 1. The Bertz CT molecular complexity index is 435. The summed E-state index contributed by atoms with van der Waals surface area (Å²) in [6.45, 7) is 1.91.